The van der Waals surface area contributed by atoms with Crippen LogP contribution in [0, 0.1) is 10.1 Å². The van der Waals surface area contributed by atoms with Crippen molar-refractivity contribution >= 4 is 11.6 Å². The van der Waals surface area contributed by atoms with Crippen molar-refractivity contribution in [3.8, 4) is 0 Å². The molecule has 0 unspecified atom stereocenters. The average molecular weight is 198 g/mol. The molecule has 76 valence electrons. The number of nitro groups is 1. The Hall–Kier alpha value is -1.76. The van der Waals surface area contributed by atoms with Gasteiger partial charge in [0.2, 0.25) is 5.95 Å². The molecule has 1 N–H and O–H groups in total. The zero-order valence-electron chi connectivity index (χ0n) is 7.64. The summed E-state index contributed by atoms with van der Waals surface area (Å²) in [6, 6.07) is 0. The molecule has 0 aliphatic heterocycles. The van der Waals surface area contributed by atoms with Crippen molar-refractivity contribution in [2.75, 3.05) is 25.6 Å². The second-order valence-electron chi connectivity index (χ2n) is 2.44. The lowest BCUT2D eigenvalue weighted by Crippen LogP contribution is -2.10. The Kier molecular flexibility index (Phi) is 3.74. The predicted molar refractivity (Wildman–Crippen MR) is 49.1 cm³/mol. The van der Waals surface area contributed by atoms with Gasteiger partial charge in [-0.15, -0.1) is 0 Å². The van der Waals surface area contributed by atoms with E-state index in [1.54, 1.807) is 7.11 Å². The molecule has 1 heterocycles. The van der Waals surface area contributed by atoms with Crippen LogP contribution in [-0.4, -0.2) is 35.2 Å². The van der Waals surface area contributed by atoms with Crippen molar-refractivity contribution in [2.24, 2.45) is 0 Å². The second kappa shape index (κ2) is 5.07. The number of methoxy groups -OCH3 is 1. The molecule has 1 rings (SSSR count). The zero-order chi connectivity index (χ0) is 10.4. The number of ether oxygens (including phenoxy) is 1. The van der Waals surface area contributed by atoms with Crippen LogP contribution >= 0.6 is 0 Å². The number of nitrogens with one attached hydrogen (secondary N) is 1. The van der Waals surface area contributed by atoms with E-state index in [0.717, 1.165) is 12.4 Å². The topological polar surface area (TPSA) is 90.2 Å². The van der Waals surface area contributed by atoms with E-state index in [2.05, 4.69) is 15.3 Å². The first-order valence-corrected chi connectivity index (χ1v) is 3.93. The smallest absolute Gasteiger partial charge is 0.305 e. The van der Waals surface area contributed by atoms with Gasteiger partial charge in [0.25, 0.3) is 0 Å². The predicted octanol–water partition coefficient (Wildman–Crippen LogP) is 0.443. The molecule has 0 aliphatic rings. The van der Waals surface area contributed by atoms with Crippen LogP contribution in [0.1, 0.15) is 0 Å². The molecule has 0 fully saturated rings. The van der Waals surface area contributed by atoms with Crippen LogP contribution in [0.25, 0.3) is 0 Å². The molecule has 0 radical (unpaired) electrons. The average Bonchev–Trinajstić information content (AvgIpc) is 2.19. The molecule has 0 atom stereocenters. The molecule has 0 saturated carbocycles. The number of aromatic nitrogens is 2. The SMILES string of the molecule is COCCNc1ncc([N+](=O)[O-])cn1. The van der Waals surface area contributed by atoms with Crippen molar-refractivity contribution in [3.05, 3.63) is 22.5 Å². The van der Waals surface area contributed by atoms with Crippen molar-refractivity contribution in [3.63, 3.8) is 0 Å². The van der Waals surface area contributed by atoms with Gasteiger partial charge in [-0.2, -0.15) is 0 Å². The summed E-state index contributed by atoms with van der Waals surface area (Å²) in [5.74, 6) is 0.354. The van der Waals surface area contributed by atoms with Crippen molar-refractivity contribution < 1.29 is 9.66 Å². The van der Waals surface area contributed by atoms with E-state index in [0.29, 0.717) is 19.1 Å². The third-order valence-corrected chi connectivity index (χ3v) is 1.44. The highest BCUT2D eigenvalue weighted by molar-refractivity contribution is 5.30. The standard InChI is InChI=1S/C7H10N4O3/c1-14-3-2-8-7-9-4-6(5-10-7)11(12)13/h4-5H,2-3H2,1H3,(H,8,9,10). The maximum atomic E-state index is 10.3. The van der Waals surface area contributed by atoms with Crippen LogP contribution in [0.15, 0.2) is 12.4 Å². The van der Waals surface area contributed by atoms with Crippen LogP contribution < -0.4 is 5.32 Å². The minimum Gasteiger partial charge on any atom is -0.383 e. The lowest BCUT2D eigenvalue weighted by Gasteiger charge is -2.01. The Morgan fingerprint density at radius 3 is 2.71 bits per heavy atom. The Bertz CT molecular complexity index is 300. The van der Waals surface area contributed by atoms with Crippen LogP contribution in [-0.2, 0) is 4.74 Å². The lowest BCUT2D eigenvalue weighted by molar-refractivity contribution is -0.385. The number of rotatable bonds is 5. The molecule has 1 aromatic rings. The van der Waals surface area contributed by atoms with Gasteiger partial charge in [0.15, 0.2) is 0 Å². The van der Waals surface area contributed by atoms with Gasteiger partial charge in [0.05, 0.1) is 11.5 Å². The normalized spacial score (nSPS) is 9.79. The molecule has 14 heavy (non-hydrogen) atoms. The molecular weight excluding hydrogens is 188 g/mol. The van der Waals surface area contributed by atoms with Crippen LogP contribution in [0.5, 0.6) is 0 Å². The number of anilines is 1. The van der Waals surface area contributed by atoms with Crippen LogP contribution in [0.3, 0.4) is 0 Å². The number of hydrogen-bond acceptors (Lipinski definition) is 6. The van der Waals surface area contributed by atoms with Crippen LogP contribution in [0.2, 0.25) is 0 Å². The fourth-order valence-corrected chi connectivity index (χ4v) is 0.772. The van der Waals surface area contributed by atoms with Gasteiger partial charge in [-0.1, -0.05) is 0 Å². The Balaban J connectivity index is 2.51. The zero-order valence-corrected chi connectivity index (χ0v) is 7.64. The summed E-state index contributed by atoms with van der Waals surface area (Å²) < 4.78 is 4.80. The minimum absolute atomic E-state index is 0.123. The highest BCUT2D eigenvalue weighted by atomic mass is 16.6. The summed E-state index contributed by atoms with van der Waals surface area (Å²) in [7, 11) is 1.58. The number of hydrogen-bond donors (Lipinski definition) is 1. The van der Waals surface area contributed by atoms with E-state index in [9.17, 15) is 10.1 Å². The van der Waals surface area contributed by atoms with Gasteiger partial charge in [0, 0.05) is 13.7 Å². The molecule has 1 aromatic heterocycles. The van der Waals surface area contributed by atoms with Crippen molar-refractivity contribution in [2.45, 2.75) is 0 Å². The summed E-state index contributed by atoms with van der Waals surface area (Å²) in [4.78, 5) is 17.2. The second-order valence-corrected chi connectivity index (χ2v) is 2.44. The Morgan fingerprint density at radius 1 is 1.57 bits per heavy atom. The monoisotopic (exact) mass is 198 g/mol. The summed E-state index contributed by atoms with van der Waals surface area (Å²) in [5, 5.41) is 13.1. The van der Waals surface area contributed by atoms with Gasteiger partial charge < -0.3 is 10.1 Å². The van der Waals surface area contributed by atoms with E-state index in [4.69, 9.17) is 4.74 Å². The molecule has 0 amide bonds. The van der Waals surface area contributed by atoms with E-state index in [-0.39, 0.29) is 5.69 Å². The molecule has 0 bridgehead atoms. The third-order valence-electron chi connectivity index (χ3n) is 1.44. The van der Waals surface area contributed by atoms with Crippen LogP contribution in [0.4, 0.5) is 11.6 Å². The number of nitrogens with zero attached hydrogens (tertiary/aromatic N) is 3. The maximum Gasteiger partial charge on any atom is 0.305 e. The van der Waals surface area contributed by atoms with Gasteiger partial charge in [-0.25, -0.2) is 9.97 Å². The highest BCUT2D eigenvalue weighted by Crippen LogP contribution is 2.07. The molecule has 0 spiro atoms. The molecular formula is C7H10N4O3. The van der Waals surface area contributed by atoms with E-state index < -0.39 is 4.92 Å². The van der Waals surface area contributed by atoms with Crippen molar-refractivity contribution in [1.29, 1.82) is 0 Å². The molecule has 0 aromatic carbocycles. The summed E-state index contributed by atoms with van der Waals surface area (Å²) in [6.07, 6.45) is 2.31. The molecule has 7 nitrogen and oxygen atoms in total. The lowest BCUT2D eigenvalue weighted by atomic mass is 10.5. The first-order chi connectivity index (χ1) is 6.74. The Morgan fingerprint density at radius 2 is 2.21 bits per heavy atom. The van der Waals surface area contributed by atoms with Gasteiger partial charge >= 0.3 is 5.69 Å². The molecule has 0 aliphatic carbocycles. The maximum absolute atomic E-state index is 10.3. The fourth-order valence-electron chi connectivity index (χ4n) is 0.772. The summed E-state index contributed by atoms with van der Waals surface area (Å²) >= 11 is 0. The molecule has 7 heteroatoms. The van der Waals surface area contributed by atoms with Gasteiger partial charge in [-0.05, 0) is 0 Å². The first kappa shape index (κ1) is 10.3. The largest absolute Gasteiger partial charge is 0.383 e. The highest BCUT2D eigenvalue weighted by Gasteiger charge is 2.05. The van der Waals surface area contributed by atoms with Gasteiger partial charge in [-0.3, -0.25) is 10.1 Å². The summed E-state index contributed by atoms with van der Waals surface area (Å²) in [5.41, 5.74) is -0.123. The van der Waals surface area contributed by atoms with E-state index >= 15 is 0 Å². The third kappa shape index (κ3) is 2.94. The first-order valence-electron chi connectivity index (χ1n) is 3.93. The van der Waals surface area contributed by atoms with Crippen molar-refractivity contribution in [1.82, 2.24) is 9.97 Å². The van der Waals surface area contributed by atoms with Gasteiger partial charge in [0.1, 0.15) is 12.4 Å². The quantitative estimate of drug-likeness (QED) is 0.419. The van der Waals surface area contributed by atoms with E-state index in [1.165, 1.54) is 0 Å². The Labute approximate surface area is 80.3 Å². The summed E-state index contributed by atoms with van der Waals surface area (Å²) in [6.45, 7) is 1.09. The molecule has 0 saturated heterocycles. The fraction of sp³-hybridized carbons (Fsp3) is 0.429. The minimum atomic E-state index is -0.543. The van der Waals surface area contributed by atoms with E-state index in [1.807, 2.05) is 0 Å².